The van der Waals surface area contributed by atoms with E-state index >= 15 is 0 Å². The Kier molecular flexibility index (Phi) is 4.91. The highest BCUT2D eigenvalue weighted by atomic mass is 19.1. The monoisotopic (exact) mass is 336 g/mol. The van der Waals surface area contributed by atoms with Crippen molar-refractivity contribution in [3.63, 3.8) is 0 Å². The first kappa shape index (κ1) is 16.9. The van der Waals surface area contributed by atoms with Crippen molar-refractivity contribution >= 4 is 5.97 Å². The van der Waals surface area contributed by atoms with Crippen LogP contribution in [0.15, 0.2) is 84.9 Å². The molecule has 0 fully saturated rings. The number of carbonyl (C=O) groups is 1. The number of benzene rings is 3. The summed E-state index contributed by atoms with van der Waals surface area (Å²) in [6.45, 7) is -0.256. The van der Waals surface area contributed by atoms with E-state index in [1.165, 1.54) is 12.1 Å². The summed E-state index contributed by atoms with van der Waals surface area (Å²) in [5.41, 5.74) is -0.938. The second-order valence-corrected chi connectivity index (χ2v) is 5.61. The van der Waals surface area contributed by atoms with Crippen molar-refractivity contribution in [2.24, 2.45) is 0 Å². The van der Waals surface area contributed by atoms with Crippen molar-refractivity contribution in [2.75, 3.05) is 0 Å². The van der Waals surface area contributed by atoms with Crippen LogP contribution in [0.2, 0.25) is 0 Å². The summed E-state index contributed by atoms with van der Waals surface area (Å²) in [7, 11) is 0. The van der Waals surface area contributed by atoms with E-state index in [1.54, 1.807) is 72.8 Å². The van der Waals surface area contributed by atoms with Gasteiger partial charge in [0, 0.05) is 5.56 Å². The Balaban J connectivity index is 1.92. The molecule has 0 aliphatic carbocycles. The zero-order chi connectivity index (χ0) is 17.7. The van der Waals surface area contributed by atoms with Gasteiger partial charge < -0.3 is 9.84 Å². The van der Waals surface area contributed by atoms with Crippen LogP contribution >= 0.6 is 0 Å². The lowest BCUT2D eigenvalue weighted by molar-refractivity contribution is -0.163. The Morgan fingerprint density at radius 2 is 1.32 bits per heavy atom. The molecule has 0 unspecified atom stereocenters. The third-order valence-electron chi connectivity index (χ3n) is 4.00. The molecule has 3 aromatic carbocycles. The van der Waals surface area contributed by atoms with Crippen molar-refractivity contribution in [1.29, 1.82) is 0 Å². The van der Waals surface area contributed by atoms with Gasteiger partial charge in [-0.1, -0.05) is 78.9 Å². The van der Waals surface area contributed by atoms with Crippen LogP contribution in [-0.4, -0.2) is 11.1 Å². The van der Waals surface area contributed by atoms with E-state index < -0.39 is 17.4 Å². The lowest BCUT2D eigenvalue weighted by atomic mass is 9.86. The van der Waals surface area contributed by atoms with Crippen molar-refractivity contribution in [1.82, 2.24) is 0 Å². The van der Waals surface area contributed by atoms with E-state index in [9.17, 15) is 14.3 Å². The summed E-state index contributed by atoms with van der Waals surface area (Å²) in [6, 6.07) is 23.2. The van der Waals surface area contributed by atoms with Gasteiger partial charge in [-0.15, -0.1) is 0 Å². The smallest absolute Gasteiger partial charge is 0.348 e. The summed E-state index contributed by atoms with van der Waals surface area (Å²) in [5, 5.41) is 11.2. The van der Waals surface area contributed by atoms with Gasteiger partial charge in [0.05, 0.1) is 0 Å². The number of ether oxygens (including phenoxy) is 1. The molecule has 0 bridgehead atoms. The minimum Gasteiger partial charge on any atom is -0.458 e. The minimum absolute atomic E-state index is 0.249. The lowest BCUT2D eigenvalue weighted by Gasteiger charge is -2.27. The molecular formula is C21H17FO3. The van der Waals surface area contributed by atoms with Gasteiger partial charge in [-0.25, -0.2) is 9.18 Å². The Morgan fingerprint density at radius 3 is 1.84 bits per heavy atom. The largest absolute Gasteiger partial charge is 0.458 e. The molecule has 25 heavy (non-hydrogen) atoms. The average molecular weight is 336 g/mol. The maximum Gasteiger partial charge on any atom is 0.348 e. The van der Waals surface area contributed by atoms with Crippen LogP contribution in [0.1, 0.15) is 16.7 Å². The number of aliphatic hydroxyl groups is 1. The Labute approximate surface area is 145 Å². The predicted molar refractivity (Wildman–Crippen MR) is 92.1 cm³/mol. The van der Waals surface area contributed by atoms with E-state index in [2.05, 4.69) is 0 Å². The normalized spacial score (nSPS) is 11.1. The second kappa shape index (κ2) is 7.28. The molecule has 0 aliphatic heterocycles. The van der Waals surface area contributed by atoms with Crippen molar-refractivity contribution < 1.29 is 19.0 Å². The Hall–Kier alpha value is -2.98. The van der Waals surface area contributed by atoms with Crippen molar-refractivity contribution in [2.45, 2.75) is 12.2 Å². The van der Waals surface area contributed by atoms with Crippen molar-refractivity contribution in [3.8, 4) is 0 Å². The molecule has 0 heterocycles. The highest BCUT2D eigenvalue weighted by Gasteiger charge is 2.41. The van der Waals surface area contributed by atoms with Gasteiger partial charge in [0.2, 0.25) is 5.60 Å². The number of hydrogen-bond donors (Lipinski definition) is 1. The van der Waals surface area contributed by atoms with Gasteiger partial charge in [0.1, 0.15) is 12.4 Å². The first-order valence-corrected chi connectivity index (χ1v) is 7.86. The first-order chi connectivity index (χ1) is 12.1. The summed E-state index contributed by atoms with van der Waals surface area (Å²) >= 11 is 0. The molecule has 1 N–H and O–H groups in total. The molecule has 0 radical (unpaired) electrons. The maximum absolute atomic E-state index is 13.7. The van der Waals surface area contributed by atoms with Crippen LogP contribution in [0.5, 0.6) is 0 Å². The van der Waals surface area contributed by atoms with Gasteiger partial charge >= 0.3 is 5.97 Å². The second-order valence-electron chi connectivity index (χ2n) is 5.61. The predicted octanol–water partition coefficient (Wildman–Crippen LogP) is 3.81. The zero-order valence-corrected chi connectivity index (χ0v) is 13.4. The fraction of sp³-hybridized carbons (Fsp3) is 0.0952. The van der Waals surface area contributed by atoms with Gasteiger partial charge in [-0.3, -0.25) is 0 Å². The summed E-state index contributed by atoms with van der Waals surface area (Å²) in [6.07, 6.45) is 0. The number of rotatable bonds is 5. The molecule has 4 heteroatoms. The van der Waals surface area contributed by atoms with E-state index in [0.717, 1.165) is 0 Å². The summed E-state index contributed by atoms with van der Waals surface area (Å²) in [5.74, 6) is -1.31. The molecule has 0 atom stereocenters. The standard InChI is InChI=1S/C21H17FO3/c22-19-14-8-7-9-16(19)15-25-20(23)21(24,17-10-3-1-4-11-17)18-12-5-2-6-13-18/h1-14,24H,15H2. The molecule has 3 aromatic rings. The molecule has 0 amide bonds. The molecule has 0 saturated heterocycles. The van der Waals surface area contributed by atoms with Crippen LogP contribution in [0.4, 0.5) is 4.39 Å². The molecule has 126 valence electrons. The van der Waals surface area contributed by atoms with E-state index in [1.807, 2.05) is 0 Å². The van der Waals surface area contributed by atoms with Gasteiger partial charge in [-0.05, 0) is 17.2 Å². The third kappa shape index (κ3) is 3.44. The lowest BCUT2D eigenvalue weighted by Crippen LogP contribution is -2.38. The van der Waals surface area contributed by atoms with Gasteiger partial charge in [0.15, 0.2) is 0 Å². The highest BCUT2D eigenvalue weighted by Crippen LogP contribution is 2.31. The van der Waals surface area contributed by atoms with Gasteiger partial charge in [0.25, 0.3) is 0 Å². The molecule has 0 saturated carbocycles. The molecule has 0 spiro atoms. The molecule has 0 aliphatic rings. The maximum atomic E-state index is 13.7. The highest BCUT2D eigenvalue weighted by molar-refractivity contribution is 5.85. The Bertz CT molecular complexity index is 808. The van der Waals surface area contributed by atoms with Crippen LogP contribution < -0.4 is 0 Å². The SMILES string of the molecule is O=C(OCc1ccccc1F)C(O)(c1ccccc1)c1ccccc1. The molecule has 3 nitrogen and oxygen atoms in total. The van der Waals surface area contributed by atoms with Crippen molar-refractivity contribution in [3.05, 3.63) is 107 Å². The quantitative estimate of drug-likeness (QED) is 0.721. The third-order valence-corrected chi connectivity index (χ3v) is 4.00. The van der Waals surface area contributed by atoms with E-state index in [-0.39, 0.29) is 12.2 Å². The summed E-state index contributed by atoms with van der Waals surface area (Å²) in [4.78, 5) is 12.8. The van der Waals surface area contributed by atoms with Crippen LogP contribution in [0.25, 0.3) is 0 Å². The van der Waals surface area contributed by atoms with Gasteiger partial charge in [-0.2, -0.15) is 0 Å². The zero-order valence-electron chi connectivity index (χ0n) is 13.4. The first-order valence-electron chi connectivity index (χ1n) is 7.86. The average Bonchev–Trinajstić information content (AvgIpc) is 2.68. The minimum atomic E-state index is -1.96. The van der Waals surface area contributed by atoms with E-state index in [4.69, 9.17) is 4.74 Å². The number of esters is 1. The van der Waals surface area contributed by atoms with Crippen LogP contribution in [0.3, 0.4) is 0 Å². The molecule has 0 aromatic heterocycles. The number of hydrogen-bond acceptors (Lipinski definition) is 3. The fourth-order valence-corrected chi connectivity index (χ4v) is 2.62. The number of carbonyl (C=O) groups excluding carboxylic acids is 1. The molecule has 3 rings (SSSR count). The fourth-order valence-electron chi connectivity index (χ4n) is 2.62. The topological polar surface area (TPSA) is 46.5 Å². The Morgan fingerprint density at radius 1 is 0.840 bits per heavy atom. The van der Waals surface area contributed by atoms with Crippen LogP contribution in [-0.2, 0) is 21.7 Å². The summed E-state index contributed by atoms with van der Waals surface area (Å²) < 4.78 is 19.0. The van der Waals surface area contributed by atoms with Crippen LogP contribution in [0, 0.1) is 5.82 Å². The molecular weight excluding hydrogens is 319 g/mol. The number of halogens is 1. The van der Waals surface area contributed by atoms with E-state index in [0.29, 0.717) is 11.1 Å².